The van der Waals surface area contributed by atoms with Crippen LogP contribution < -0.4 is 20.4 Å². The van der Waals surface area contributed by atoms with Gasteiger partial charge in [-0.25, -0.2) is 4.79 Å². The number of carbonyl (C=O) groups is 4. The number of thiol groups is 2. The first-order chi connectivity index (χ1) is 32.7. The van der Waals surface area contributed by atoms with Crippen LogP contribution in [0.2, 0.25) is 0 Å². The monoisotopic (exact) mass is 946 g/mol. The summed E-state index contributed by atoms with van der Waals surface area (Å²) in [6.07, 6.45) is 2.42. The number of amides is 3. The zero-order valence-electron chi connectivity index (χ0n) is 36.8. The summed E-state index contributed by atoms with van der Waals surface area (Å²) in [6.45, 7) is -0.406. The van der Waals surface area contributed by atoms with E-state index in [1.807, 2.05) is 97.1 Å². The van der Waals surface area contributed by atoms with E-state index in [2.05, 4.69) is 118 Å². The molecule has 13 heteroatoms. The Kier molecular flexibility index (Phi) is 16.9. The second-order valence-electron chi connectivity index (χ2n) is 16.2. The Labute approximate surface area is 406 Å². The molecule has 1 saturated heterocycles. The summed E-state index contributed by atoms with van der Waals surface area (Å²) in [7, 11) is 3.44. The summed E-state index contributed by atoms with van der Waals surface area (Å²) < 4.78 is 6.24. The average Bonchev–Trinajstić information content (AvgIpc) is 3.38. The van der Waals surface area contributed by atoms with Gasteiger partial charge in [-0.1, -0.05) is 176 Å². The third-order valence-corrected chi connectivity index (χ3v) is 13.2. The highest BCUT2D eigenvalue weighted by Crippen LogP contribution is 2.49. The molecule has 67 heavy (non-hydrogen) atoms. The van der Waals surface area contributed by atoms with Crippen molar-refractivity contribution in [1.29, 1.82) is 0 Å². The molecule has 2 unspecified atom stereocenters. The zero-order valence-corrected chi connectivity index (χ0v) is 39.6. The van der Waals surface area contributed by atoms with Crippen LogP contribution in [-0.2, 0) is 39.8 Å². The van der Waals surface area contributed by atoms with Crippen LogP contribution in [-0.4, -0.2) is 65.2 Å². The molecule has 2 atom stereocenters. The second kappa shape index (κ2) is 23.4. The van der Waals surface area contributed by atoms with Crippen LogP contribution in [0.1, 0.15) is 71.0 Å². The molecule has 0 bridgehead atoms. The third kappa shape index (κ3) is 11.1. The fourth-order valence-electron chi connectivity index (χ4n) is 9.04. The first-order valence-corrected chi connectivity index (χ1v) is 23.7. The van der Waals surface area contributed by atoms with Crippen molar-refractivity contribution >= 4 is 64.3 Å². The molecular formula is C54H52N3O7S2Si. The minimum absolute atomic E-state index is 0.0636. The zero-order chi connectivity index (χ0) is 47.1. The molecule has 3 N–H and O–H groups in total. The van der Waals surface area contributed by atoms with E-state index >= 15 is 4.79 Å². The maximum absolute atomic E-state index is 15.0. The van der Waals surface area contributed by atoms with Crippen molar-refractivity contribution in [3.05, 3.63) is 215 Å². The molecule has 0 aromatic heterocycles. The number of hydrogen-bond donors (Lipinski definition) is 5. The van der Waals surface area contributed by atoms with E-state index in [9.17, 15) is 14.4 Å². The van der Waals surface area contributed by atoms with E-state index in [0.29, 0.717) is 45.8 Å². The molecule has 10 nitrogen and oxygen atoms in total. The lowest BCUT2D eigenvalue weighted by Gasteiger charge is -2.43. The molecule has 341 valence electrons. The van der Waals surface area contributed by atoms with E-state index in [0.717, 1.165) is 16.7 Å². The van der Waals surface area contributed by atoms with E-state index in [4.69, 9.17) is 26.8 Å². The highest BCUT2D eigenvalue weighted by atomic mass is 32.1. The van der Waals surface area contributed by atoms with Gasteiger partial charge in [0, 0.05) is 33.7 Å². The van der Waals surface area contributed by atoms with E-state index in [1.54, 1.807) is 0 Å². The molecule has 7 rings (SSSR count). The van der Waals surface area contributed by atoms with Gasteiger partial charge in [-0.2, -0.15) is 17.5 Å². The van der Waals surface area contributed by atoms with Crippen molar-refractivity contribution in [2.75, 3.05) is 18.8 Å². The summed E-state index contributed by atoms with van der Waals surface area (Å²) in [5.41, 5.74) is 3.96. The second-order valence-corrected chi connectivity index (χ2v) is 17.2. The minimum Gasteiger partial charge on any atom is -0.540 e. The topological polar surface area (TPSA) is 132 Å². The van der Waals surface area contributed by atoms with Gasteiger partial charge in [0.25, 0.3) is 0 Å². The van der Waals surface area contributed by atoms with Crippen LogP contribution in [0, 0.1) is 0 Å². The predicted molar refractivity (Wildman–Crippen MR) is 268 cm³/mol. The maximum atomic E-state index is 15.0. The number of hydrogen-bond acceptors (Lipinski definition) is 9. The van der Waals surface area contributed by atoms with Crippen molar-refractivity contribution in [2.45, 2.75) is 55.1 Å². The molecule has 6 aromatic rings. The van der Waals surface area contributed by atoms with Crippen LogP contribution in [0.4, 0.5) is 0 Å². The number of rotatable bonds is 13. The molecule has 1 aliphatic heterocycles. The Hall–Kier alpha value is -6.38. The molecule has 1 heterocycles. The number of benzene rings is 6. The van der Waals surface area contributed by atoms with Gasteiger partial charge >= 0.3 is 16.5 Å². The number of carbonyl (C=O) groups excluding carboxylic acids is 4. The quantitative estimate of drug-likeness (QED) is 0.0341. The van der Waals surface area contributed by atoms with E-state index in [-0.39, 0.29) is 31.6 Å². The normalized spacial score (nSPS) is 17.1. The Morgan fingerprint density at radius 1 is 0.687 bits per heavy atom. The van der Waals surface area contributed by atoms with Gasteiger partial charge in [-0.15, -0.1) is 12.6 Å². The summed E-state index contributed by atoms with van der Waals surface area (Å²) in [5.74, 6) is -1.95. The van der Waals surface area contributed by atoms with Gasteiger partial charge in [0.1, 0.15) is 17.9 Å². The van der Waals surface area contributed by atoms with Crippen LogP contribution in [0.25, 0.3) is 4.91 Å². The van der Waals surface area contributed by atoms with Crippen LogP contribution in [0.15, 0.2) is 176 Å². The molecule has 0 saturated carbocycles. The lowest BCUT2D eigenvalue weighted by atomic mass is 9.63. The van der Waals surface area contributed by atoms with Crippen LogP contribution in [0.3, 0.4) is 0 Å². The Morgan fingerprint density at radius 3 is 1.72 bits per heavy atom. The smallest absolute Gasteiger partial charge is 0.342 e. The molecule has 0 spiro atoms. The molecule has 1 aliphatic rings. The van der Waals surface area contributed by atoms with E-state index < -0.39 is 53.2 Å². The van der Waals surface area contributed by atoms with Gasteiger partial charge in [0.2, 0.25) is 17.7 Å². The fraction of sp³-hybridized carbons (Fsp3) is 0.222. The molecule has 6 aromatic carbocycles. The maximum Gasteiger partial charge on any atom is 0.342 e. The summed E-state index contributed by atoms with van der Waals surface area (Å²) >= 11 is 9.41. The van der Waals surface area contributed by atoms with Crippen molar-refractivity contribution in [2.24, 2.45) is 0 Å². The minimum atomic E-state index is -1.49. The Morgan fingerprint density at radius 2 is 1.21 bits per heavy atom. The Bertz CT molecular complexity index is 2490. The first kappa shape index (κ1) is 48.5. The summed E-state index contributed by atoms with van der Waals surface area (Å²) in [5, 5.41) is 8.62. The van der Waals surface area contributed by atoms with Crippen molar-refractivity contribution < 1.29 is 33.4 Å². The highest BCUT2D eigenvalue weighted by Gasteiger charge is 2.50. The van der Waals surface area contributed by atoms with Gasteiger partial charge in [-0.05, 0) is 47.1 Å². The number of nitrogens with one attached hydrogen (secondary N) is 3. The van der Waals surface area contributed by atoms with Gasteiger partial charge in [0.15, 0.2) is 0 Å². The van der Waals surface area contributed by atoms with Crippen LogP contribution >= 0.6 is 25.3 Å². The standard InChI is InChI=1S/C54H52N3O7S2Si/c58-47-35-43(37-65)62-63-49(60)32-18-34-55-52(61)51(57-48(59)36-56-47)54(41-25-12-4-13-26-41,42-27-14-5-15-28-42)45-30-16-29-44(50(45)64-67)46(66)31-17-33-53(38-19-6-1-7-20-38,39-21-8-2-9-22-39)40-23-10-3-11-24-40/h1-16,19-31,43,51,65-66H,17-18,32-37H2,(H,55,61)(H,56,58)(H,57,59). The average molecular weight is 947 g/mol. The van der Waals surface area contributed by atoms with Gasteiger partial charge < -0.3 is 20.4 Å². The number of allylic oxidation sites excluding steroid dienone is 1. The van der Waals surface area contributed by atoms with Gasteiger partial charge in [0.05, 0.1) is 24.8 Å². The molecule has 1 fully saturated rings. The van der Waals surface area contributed by atoms with Crippen molar-refractivity contribution in [1.82, 2.24) is 16.0 Å². The van der Waals surface area contributed by atoms with Crippen LogP contribution in [0.5, 0.6) is 5.75 Å². The molecule has 3 radical (unpaired) electrons. The lowest BCUT2D eigenvalue weighted by Crippen LogP contribution is -2.60. The fourth-order valence-corrected chi connectivity index (χ4v) is 9.76. The van der Waals surface area contributed by atoms with Crippen molar-refractivity contribution in [3.8, 4) is 5.75 Å². The molecule has 0 aliphatic carbocycles. The van der Waals surface area contributed by atoms with E-state index in [1.165, 1.54) is 0 Å². The third-order valence-electron chi connectivity index (χ3n) is 12.1. The Balaban J connectivity index is 1.36. The predicted octanol–water partition coefficient (Wildman–Crippen LogP) is 8.24. The largest absolute Gasteiger partial charge is 0.540 e. The summed E-state index contributed by atoms with van der Waals surface area (Å²) in [6, 6.07) is 54.7. The molecular weight excluding hydrogens is 895 g/mol. The highest BCUT2D eigenvalue weighted by molar-refractivity contribution is 7.90. The summed E-state index contributed by atoms with van der Waals surface area (Å²) in [4.78, 5) is 65.6. The number of para-hydroxylation sites is 1. The SMILES string of the molecule is O=C1CC(CS)OOC(=O)CCCNC(=O)C(C(c2ccccc2)(c2ccccc2)c2cccc(C(S)=CCCC(c3ccccc3)(c3ccccc3)c3ccccc3)c2O[Si])NC(=O)CN1. The van der Waals surface area contributed by atoms with Crippen molar-refractivity contribution in [3.63, 3.8) is 0 Å². The first-order valence-electron chi connectivity index (χ1n) is 22.2. The van der Waals surface area contributed by atoms with Gasteiger partial charge in [-0.3, -0.25) is 19.3 Å². The lowest BCUT2D eigenvalue weighted by molar-refractivity contribution is -0.293. The molecule has 3 amide bonds.